The van der Waals surface area contributed by atoms with Crippen molar-refractivity contribution in [2.75, 3.05) is 19.7 Å². The molecular formula is C15H18BrNO3. The fraction of sp³-hybridized carbons (Fsp3) is 0.467. The highest BCUT2D eigenvalue weighted by atomic mass is 79.9. The summed E-state index contributed by atoms with van der Waals surface area (Å²) in [5.41, 5.74) is 2.16. The number of hydrogen-bond donors (Lipinski definition) is 0. The average Bonchev–Trinajstić information content (AvgIpc) is 2.42. The van der Waals surface area contributed by atoms with Crippen LogP contribution in [0.3, 0.4) is 0 Å². The minimum absolute atomic E-state index is 0.0225. The van der Waals surface area contributed by atoms with E-state index in [0.29, 0.717) is 31.7 Å². The van der Waals surface area contributed by atoms with Gasteiger partial charge in [0.25, 0.3) is 5.91 Å². The van der Waals surface area contributed by atoms with Crippen molar-refractivity contribution < 1.29 is 14.3 Å². The lowest BCUT2D eigenvalue weighted by Gasteiger charge is -2.26. The maximum Gasteiger partial charge on any atom is 0.260 e. The summed E-state index contributed by atoms with van der Waals surface area (Å²) in [5, 5.41) is 0. The first-order valence-electron chi connectivity index (χ1n) is 6.66. The second-order valence-corrected chi connectivity index (χ2v) is 5.87. The van der Waals surface area contributed by atoms with Crippen molar-refractivity contribution >= 4 is 27.6 Å². The number of halogens is 1. The Balaban J connectivity index is 1.92. The zero-order valence-electron chi connectivity index (χ0n) is 11.7. The number of piperidine rings is 1. The monoisotopic (exact) mass is 339 g/mol. The number of carbonyl (C=O) groups is 2. The van der Waals surface area contributed by atoms with Crippen molar-refractivity contribution in [3.05, 3.63) is 27.7 Å². The molecule has 1 aromatic carbocycles. The van der Waals surface area contributed by atoms with Gasteiger partial charge in [0.1, 0.15) is 11.5 Å². The number of likely N-dealkylation sites (tertiary alicyclic amines) is 1. The molecule has 5 heteroatoms. The normalized spacial score (nSPS) is 15.3. The first kappa shape index (κ1) is 15.0. The van der Waals surface area contributed by atoms with Crippen LogP contribution < -0.4 is 4.74 Å². The number of aryl methyl sites for hydroxylation is 2. The molecule has 0 bridgehead atoms. The molecule has 0 aliphatic carbocycles. The first-order valence-corrected chi connectivity index (χ1v) is 7.45. The third kappa shape index (κ3) is 3.60. The van der Waals surface area contributed by atoms with Gasteiger partial charge in [-0.1, -0.05) is 15.9 Å². The van der Waals surface area contributed by atoms with Crippen molar-refractivity contribution in [1.82, 2.24) is 4.90 Å². The van der Waals surface area contributed by atoms with Crippen LogP contribution in [0, 0.1) is 13.8 Å². The molecule has 0 saturated carbocycles. The highest BCUT2D eigenvalue weighted by molar-refractivity contribution is 9.10. The van der Waals surface area contributed by atoms with Gasteiger partial charge < -0.3 is 9.64 Å². The fourth-order valence-corrected chi connectivity index (χ4v) is 2.46. The Hall–Kier alpha value is -1.36. The van der Waals surface area contributed by atoms with Gasteiger partial charge in [0.15, 0.2) is 6.61 Å². The molecule has 1 amide bonds. The summed E-state index contributed by atoms with van der Waals surface area (Å²) in [5.74, 6) is 0.870. The minimum Gasteiger partial charge on any atom is -0.484 e. The van der Waals surface area contributed by atoms with Crippen LogP contribution in [-0.2, 0) is 9.59 Å². The third-order valence-corrected chi connectivity index (χ3v) is 4.70. The number of carbonyl (C=O) groups excluding carboxylic acids is 2. The molecule has 0 radical (unpaired) electrons. The SMILES string of the molecule is Cc1cc(OCC(=O)N2CCC(=O)CC2)cc(C)c1Br. The van der Waals surface area contributed by atoms with Crippen molar-refractivity contribution in [3.8, 4) is 5.75 Å². The maximum absolute atomic E-state index is 12.0. The maximum atomic E-state index is 12.0. The number of benzene rings is 1. The van der Waals surface area contributed by atoms with E-state index in [1.807, 2.05) is 26.0 Å². The summed E-state index contributed by atoms with van der Waals surface area (Å²) in [6.07, 6.45) is 0.921. The van der Waals surface area contributed by atoms with Gasteiger partial charge in [-0.25, -0.2) is 0 Å². The van der Waals surface area contributed by atoms with E-state index in [0.717, 1.165) is 15.6 Å². The van der Waals surface area contributed by atoms with Crippen molar-refractivity contribution in [3.63, 3.8) is 0 Å². The summed E-state index contributed by atoms with van der Waals surface area (Å²) >= 11 is 3.50. The molecule has 0 unspecified atom stereocenters. The Kier molecular flexibility index (Phi) is 4.81. The molecule has 1 heterocycles. The number of Topliss-reactive ketones (excluding diaryl/α,β-unsaturated/α-hetero) is 1. The van der Waals surface area contributed by atoms with Gasteiger partial charge in [0, 0.05) is 30.4 Å². The lowest BCUT2D eigenvalue weighted by atomic mass is 10.1. The number of nitrogens with zero attached hydrogens (tertiary/aromatic N) is 1. The number of hydrogen-bond acceptors (Lipinski definition) is 3. The molecule has 108 valence electrons. The molecule has 20 heavy (non-hydrogen) atoms. The Morgan fingerprint density at radius 2 is 1.80 bits per heavy atom. The highest BCUT2D eigenvalue weighted by Crippen LogP contribution is 2.26. The number of ether oxygens (including phenoxy) is 1. The van der Waals surface area contributed by atoms with E-state index in [4.69, 9.17) is 4.74 Å². The highest BCUT2D eigenvalue weighted by Gasteiger charge is 2.20. The van der Waals surface area contributed by atoms with Crippen LogP contribution in [-0.4, -0.2) is 36.3 Å². The number of ketones is 1. The Morgan fingerprint density at radius 1 is 1.25 bits per heavy atom. The van der Waals surface area contributed by atoms with Crippen LogP contribution in [0.2, 0.25) is 0 Å². The topological polar surface area (TPSA) is 46.6 Å². The minimum atomic E-state index is -0.0595. The second kappa shape index (κ2) is 6.39. The molecule has 0 aromatic heterocycles. The van der Waals surface area contributed by atoms with E-state index >= 15 is 0 Å². The van der Waals surface area contributed by atoms with E-state index in [9.17, 15) is 9.59 Å². The Labute approximate surface area is 127 Å². The van der Waals surface area contributed by atoms with Gasteiger partial charge in [0.05, 0.1) is 0 Å². The molecule has 0 atom stereocenters. The molecule has 1 fully saturated rings. The van der Waals surface area contributed by atoms with Crippen LogP contribution >= 0.6 is 15.9 Å². The van der Waals surface area contributed by atoms with Gasteiger partial charge in [-0.05, 0) is 37.1 Å². The summed E-state index contributed by atoms with van der Waals surface area (Å²) in [6.45, 7) is 5.03. The van der Waals surface area contributed by atoms with Crippen LogP contribution in [0.1, 0.15) is 24.0 Å². The van der Waals surface area contributed by atoms with Gasteiger partial charge in [-0.3, -0.25) is 9.59 Å². The van der Waals surface area contributed by atoms with Gasteiger partial charge in [-0.2, -0.15) is 0 Å². The Morgan fingerprint density at radius 3 is 2.35 bits per heavy atom. The van der Waals surface area contributed by atoms with Crippen molar-refractivity contribution in [2.24, 2.45) is 0 Å². The standard InChI is InChI=1S/C15H18BrNO3/c1-10-7-13(8-11(2)15(10)16)20-9-14(19)17-5-3-12(18)4-6-17/h7-8H,3-6,9H2,1-2H3. The van der Waals surface area contributed by atoms with E-state index in [2.05, 4.69) is 15.9 Å². The summed E-state index contributed by atoms with van der Waals surface area (Å²) in [7, 11) is 0. The molecule has 1 aromatic rings. The van der Waals surface area contributed by atoms with Crippen LogP contribution in [0.5, 0.6) is 5.75 Å². The quantitative estimate of drug-likeness (QED) is 0.850. The molecule has 1 saturated heterocycles. The van der Waals surface area contributed by atoms with Crippen LogP contribution in [0.4, 0.5) is 0 Å². The summed E-state index contributed by atoms with van der Waals surface area (Å²) in [4.78, 5) is 24.8. The molecule has 1 aliphatic rings. The van der Waals surface area contributed by atoms with Gasteiger partial charge >= 0.3 is 0 Å². The molecular weight excluding hydrogens is 322 g/mol. The molecule has 0 spiro atoms. The molecule has 0 N–H and O–H groups in total. The van der Waals surface area contributed by atoms with Crippen molar-refractivity contribution in [1.29, 1.82) is 0 Å². The lowest BCUT2D eigenvalue weighted by molar-refractivity contribution is -0.136. The van der Waals surface area contributed by atoms with E-state index < -0.39 is 0 Å². The zero-order chi connectivity index (χ0) is 14.7. The number of amides is 1. The largest absolute Gasteiger partial charge is 0.484 e. The number of rotatable bonds is 3. The van der Waals surface area contributed by atoms with Crippen LogP contribution in [0.25, 0.3) is 0 Å². The van der Waals surface area contributed by atoms with E-state index in [-0.39, 0.29) is 18.3 Å². The predicted molar refractivity (Wildman–Crippen MR) is 79.9 cm³/mol. The summed E-state index contributed by atoms with van der Waals surface area (Å²) < 4.78 is 6.63. The van der Waals surface area contributed by atoms with Gasteiger partial charge in [-0.15, -0.1) is 0 Å². The smallest absolute Gasteiger partial charge is 0.260 e. The third-order valence-electron chi connectivity index (χ3n) is 3.45. The van der Waals surface area contributed by atoms with E-state index in [1.54, 1.807) is 4.90 Å². The predicted octanol–water partition coefficient (Wildman–Crippen LogP) is 2.64. The molecule has 2 rings (SSSR count). The van der Waals surface area contributed by atoms with Crippen LogP contribution in [0.15, 0.2) is 16.6 Å². The fourth-order valence-electron chi connectivity index (χ4n) is 2.23. The first-order chi connectivity index (χ1) is 9.47. The summed E-state index contributed by atoms with van der Waals surface area (Å²) in [6, 6.07) is 3.81. The zero-order valence-corrected chi connectivity index (χ0v) is 13.3. The van der Waals surface area contributed by atoms with Gasteiger partial charge in [0.2, 0.25) is 0 Å². The lowest BCUT2D eigenvalue weighted by Crippen LogP contribution is -2.41. The van der Waals surface area contributed by atoms with Crippen molar-refractivity contribution in [2.45, 2.75) is 26.7 Å². The van der Waals surface area contributed by atoms with E-state index in [1.165, 1.54) is 0 Å². The molecule has 4 nitrogen and oxygen atoms in total. The molecule has 1 aliphatic heterocycles. The Bertz CT molecular complexity index is 509. The average molecular weight is 340 g/mol. The second-order valence-electron chi connectivity index (χ2n) is 5.08.